The molecule has 2 aromatic carbocycles. The van der Waals surface area contributed by atoms with Crippen LogP contribution in [0.25, 0.3) is 16.0 Å². The summed E-state index contributed by atoms with van der Waals surface area (Å²) in [5.74, 6) is 0.0656. The van der Waals surface area contributed by atoms with E-state index in [-0.39, 0.29) is 5.91 Å². The minimum absolute atomic E-state index is 0.0656. The first-order valence-electron chi connectivity index (χ1n) is 14.2. The smallest absolute Gasteiger partial charge is 0.268 e. The number of anilines is 2. The number of amides is 1. The summed E-state index contributed by atoms with van der Waals surface area (Å²) in [5.41, 5.74) is 9.16. The Labute approximate surface area is 249 Å². The molecular weight excluding hydrogens is 548 g/mol. The van der Waals surface area contributed by atoms with E-state index < -0.39 is 0 Å². The third-order valence-electron chi connectivity index (χ3n) is 8.20. The third kappa shape index (κ3) is 5.23. The highest BCUT2D eigenvalue weighted by Crippen LogP contribution is 2.41. The zero-order valence-electron chi connectivity index (χ0n) is 22.8. The maximum Gasteiger partial charge on any atom is 0.268 e. The fourth-order valence-electron chi connectivity index (χ4n) is 6.09. The largest absolute Gasteiger partial charge is 0.369 e. The molecule has 3 aliphatic rings. The summed E-state index contributed by atoms with van der Waals surface area (Å²) >= 11 is 7.75. The maximum absolute atomic E-state index is 14.4. The Morgan fingerprint density at radius 2 is 1.83 bits per heavy atom. The Bertz CT molecular complexity index is 1650. The topological polar surface area (TPSA) is 48.5 Å². The lowest BCUT2D eigenvalue weighted by atomic mass is 9.92. The number of carbonyl (C=O) groups excluding carboxylic acids is 1. The average Bonchev–Trinajstić information content (AvgIpc) is 3.41. The number of halogens is 1. The first-order valence-corrected chi connectivity index (χ1v) is 15.4. The number of pyridine rings is 1. The molecule has 5 nitrogen and oxygen atoms in total. The van der Waals surface area contributed by atoms with Crippen molar-refractivity contribution in [3.8, 4) is 10.4 Å². The van der Waals surface area contributed by atoms with Crippen molar-refractivity contribution in [1.29, 1.82) is 0 Å². The molecule has 0 saturated carbocycles. The van der Waals surface area contributed by atoms with Crippen LogP contribution in [-0.2, 0) is 6.42 Å². The quantitative estimate of drug-likeness (QED) is 0.271. The molecule has 1 saturated heterocycles. The van der Waals surface area contributed by atoms with Crippen LogP contribution in [0, 0.1) is 0 Å². The molecule has 1 aliphatic carbocycles. The van der Waals surface area contributed by atoms with Crippen LogP contribution >= 0.6 is 22.9 Å². The van der Waals surface area contributed by atoms with E-state index in [1.807, 2.05) is 47.6 Å². The molecule has 41 heavy (non-hydrogen) atoms. The second kappa shape index (κ2) is 11.3. The Kier molecular flexibility index (Phi) is 7.21. The van der Waals surface area contributed by atoms with Gasteiger partial charge in [0.1, 0.15) is 0 Å². The number of nitrogens with zero attached hydrogens (tertiary/aromatic N) is 3. The number of nitrogens with one attached hydrogen (secondary N) is 1. The van der Waals surface area contributed by atoms with Crippen molar-refractivity contribution in [2.24, 2.45) is 0 Å². The van der Waals surface area contributed by atoms with Gasteiger partial charge in [0.15, 0.2) is 0 Å². The van der Waals surface area contributed by atoms with E-state index in [4.69, 9.17) is 11.6 Å². The van der Waals surface area contributed by atoms with Crippen LogP contribution in [0.15, 0.2) is 90.8 Å². The van der Waals surface area contributed by atoms with Gasteiger partial charge < -0.3 is 15.1 Å². The van der Waals surface area contributed by atoms with Crippen molar-refractivity contribution in [3.05, 3.63) is 117 Å². The number of piperazine rings is 1. The van der Waals surface area contributed by atoms with Crippen molar-refractivity contribution < 1.29 is 4.79 Å². The number of aromatic nitrogens is 1. The van der Waals surface area contributed by atoms with E-state index in [1.165, 1.54) is 22.4 Å². The number of hydrogen-bond donors (Lipinski definition) is 1. The predicted molar refractivity (Wildman–Crippen MR) is 170 cm³/mol. The zero-order valence-corrected chi connectivity index (χ0v) is 24.3. The average molecular weight is 579 g/mol. The normalized spacial score (nSPS) is 17.0. The van der Waals surface area contributed by atoms with Gasteiger partial charge in [0.2, 0.25) is 0 Å². The number of allylic oxidation sites excluding steroid dienone is 2. The number of carbonyl (C=O) groups is 1. The summed E-state index contributed by atoms with van der Waals surface area (Å²) in [7, 11) is 0. The van der Waals surface area contributed by atoms with Crippen LogP contribution in [0.5, 0.6) is 0 Å². The Hall–Kier alpha value is -3.71. The predicted octanol–water partition coefficient (Wildman–Crippen LogP) is 7.23. The molecule has 2 aliphatic heterocycles. The van der Waals surface area contributed by atoms with Crippen molar-refractivity contribution in [1.82, 2.24) is 10.3 Å². The van der Waals surface area contributed by atoms with Crippen LogP contribution in [-0.4, -0.2) is 43.6 Å². The van der Waals surface area contributed by atoms with Gasteiger partial charge >= 0.3 is 0 Å². The van der Waals surface area contributed by atoms with E-state index in [2.05, 4.69) is 57.7 Å². The number of hydrogen-bond acceptors (Lipinski definition) is 5. The molecule has 1 amide bonds. The number of rotatable bonds is 5. The second-order valence-corrected chi connectivity index (χ2v) is 12.3. The highest BCUT2D eigenvalue weighted by Gasteiger charge is 2.31. The fraction of sp³-hybridized carbons (Fsp3) is 0.235. The summed E-state index contributed by atoms with van der Waals surface area (Å²) < 4.78 is 0. The lowest BCUT2D eigenvalue weighted by molar-refractivity contribution is 0.0993. The number of thiophene rings is 1. The summed E-state index contributed by atoms with van der Waals surface area (Å²) in [6, 6.07) is 20.9. The van der Waals surface area contributed by atoms with E-state index in [9.17, 15) is 4.79 Å². The first kappa shape index (κ1) is 26.2. The highest BCUT2D eigenvalue weighted by atomic mass is 35.5. The molecule has 2 aromatic heterocycles. The van der Waals surface area contributed by atoms with Gasteiger partial charge in [-0.15, -0.1) is 11.3 Å². The molecule has 0 spiro atoms. The molecule has 1 fully saturated rings. The summed E-state index contributed by atoms with van der Waals surface area (Å²) in [6.45, 7) is 4.46. The first-order chi connectivity index (χ1) is 20.1. The van der Waals surface area contributed by atoms with E-state index in [0.717, 1.165) is 77.6 Å². The molecule has 0 radical (unpaired) electrons. The minimum atomic E-state index is 0.0656. The lowest BCUT2D eigenvalue weighted by Crippen LogP contribution is -2.43. The van der Waals surface area contributed by atoms with Crippen LogP contribution in [0.2, 0.25) is 5.02 Å². The SMILES string of the molecule is O=C1c2sc(-c3ccc(Cl)cc3)cc2Cc2cc(N3CCNCC3)ccc2N1CC1=C(c2cccnc2)CCC=C1. The van der Waals surface area contributed by atoms with Crippen molar-refractivity contribution >= 4 is 45.8 Å². The summed E-state index contributed by atoms with van der Waals surface area (Å²) in [4.78, 5) is 25.2. The van der Waals surface area contributed by atoms with Crippen molar-refractivity contribution in [2.75, 3.05) is 42.5 Å². The van der Waals surface area contributed by atoms with E-state index in [0.29, 0.717) is 11.6 Å². The Morgan fingerprint density at radius 1 is 0.976 bits per heavy atom. The maximum atomic E-state index is 14.4. The lowest BCUT2D eigenvalue weighted by Gasteiger charge is -2.31. The van der Waals surface area contributed by atoms with Crippen molar-refractivity contribution in [3.63, 3.8) is 0 Å². The fourth-order valence-corrected chi connectivity index (χ4v) is 7.35. The molecule has 0 atom stereocenters. The summed E-state index contributed by atoms with van der Waals surface area (Å²) in [5, 5.41) is 4.16. The molecule has 0 unspecified atom stereocenters. The Morgan fingerprint density at radius 3 is 2.63 bits per heavy atom. The minimum Gasteiger partial charge on any atom is -0.369 e. The van der Waals surface area contributed by atoms with Gasteiger partial charge in [0, 0.05) is 66.3 Å². The van der Waals surface area contributed by atoms with Crippen molar-refractivity contribution in [2.45, 2.75) is 19.3 Å². The molecule has 4 heterocycles. The Balaban J connectivity index is 1.33. The van der Waals surface area contributed by atoms with Gasteiger partial charge in [-0.3, -0.25) is 9.78 Å². The molecule has 7 rings (SSSR count). The monoisotopic (exact) mass is 578 g/mol. The molecule has 206 valence electrons. The van der Waals surface area contributed by atoms with Gasteiger partial charge in [0.05, 0.1) is 11.4 Å². The molecule has 4 aromatic rings. The molecule has 7 heteroatoms. The molecule has 0 bridgehead atoms. The molecule has 1 N–H and O–H groups in total. The van der Waals surface area contributed by atoms with E-state index in [1.54, 1.807) is 11.3 Å². The summed E-state index contributed by atoms with van der Waals surface area (Å²) in [6.07, 6.45) is 10.8. The van der Waals surface area contributed by atoms with Crippen LogP contribution < -0.4 is 15.1 Å². The molecular formula is C34H31ClN4OS. The highest BCUT2D eigenvalue weighted by molar-refractivity contribution is 7.17. The van der Waals surface area contributed by atoms with Gasteiger partial charge in [-0.25, -0.2) is 0 Å². The zero-order chi connectivity index (χ0) is 27.8. The van der Waals surface area contributed by atoms with E-state index >= 15 is 0 Å². The van der Waals surface area contributed by atoms with Crippen LogP contribution in [0.4, 0.5) is 11.4 Å². The number of benzene rings is 2. The van der Waals surface area contributed by atoms with Gasteiger partial charge in [0.25, 0.3) is 5.91 Å². The van der Waals surface area contributed by atoms with Crippen LogP contribution in [0.3, 0.4) is 0 Å². The second-order valence-electron chi connectivity index (χ2n) is 10.8. The number of fused-ring (bicyclic) bond motifs is 2. The third-order valence-corrected chi connectivity index (χ3v) is 9.67. The van der Waals surface area contributed by atoms with Crippen LogP contribution in [0.1, 0.15) is 39.2 Å². The standard InChI is InChI=1S/C34H31ClN4OS/c35-28-9-7-23(8-10-28)32-20-27-18-26-19-29(38-16-14-36-15-17-38)11-12-31(26)39(34(40)33(27)41-32)22-25-4-1-2-6-30(25)24-5-3-13-37-21-24/h1,3-5,7-13,19-21,36H,2,6,14-18,22H2. The van der Waals surface area contributed by atoms with Gasteiger partial charge in [-0.05, 0) is 88.7 Å². The van der Waals surface area contributed by atoms with Gasteiger partial charge in [-0.1, -0.05) is 42.0 Å². The van der Waals surface area contributed by atoms with Gasteiger partial charge in [-0.2, -0.15) is 0 Å².